The predicted molar refractivity (Wildman–Crippen MR) is 93.6 cm³/mol. The van der Waals surface area contributed by atoms with Gasteiger partial charge in [-0.25, -0.2) is 0 Å². The molecule has 4 rings (SSSR count). The van der Waals surface area contributed by atoms with E-state index in [1.165, 1.54) is 11.1 Å². The van der Waals surface area contributed by atoms with Gasteiger partial charge in [0, 0.05) is 13.0 Å². The lowest BCUT2D eigenvalue weighted by atomic mass is 9.44. The van der Waals surface area contributed by atoms with Crippen LogP contribution in [0.25, 0.3) is 0 Å². The highest BCUT2D eigenvalue weighted by atomic mass is 16.5. The van der Waals surface area contributed by atoms with Crippen molar-refractivity contribution in [3.8, 4) is 0 Å². The van der Waals surface area contributed by atoms with Crippen LogP contribution in [0.1, 0.15) is 58.8 Å². The van der Waals surface area contributed by atoms with Crippen molar-refractivity contribution in [1.29, 1.82) is 0 Å². The highest BCUT2D eigenvalue weighted by molar-refractivity contribution is 5.75. The van der Waals surface area contributed by atoms with Gasteiger partial charge >= 0.3 is 5.97 Å². The maximum Gasteiger partial charge on any atom is 0.309 e. The first kappa shape index (κ1) is 16.4. The van der Waals surface area contributed by atoms with Gasteiger partial charge in [0.1, 0.15) is 0 Å². The Balaban J connectivity index is 1.83. The second-order valence-corrected chi connectivity index (χ2v) is 9.29. The van der Waals surface area contributed by atoms with Crippen LogP contribution in [0.15, 0.2) is 23.8 Å². The zero-order valence-electron chi connectivity index (χ0n) is 15.2. The van der Waals surface area contributed by atoms with E-state index >= 15 is 0 Å². The van der Waals surface area contributed by atoms with Crippen molar-refractivity contribution >= 4 is 5.97 Å². The third-order valence-corrected chi connectivity index (χ3v) is 8.22. The molecular weight excluding hydrogens is 300 g/mol. The molecule has 0 radical (unpaired) electrons. The van der Waals surface area contributed by atoms with Gasteiger partial charge in [-0.1, -0.05) is 37.1 Å². The van der Waals surface area contributed by atoms with Gasteiger partial charge in [-0.2, -0.15) is 0 Å². The summed E-state index contributed by atoms with van der Waals surface area (Å²) in [5, 5.41) is 9.96. The third kappa shape index (κ3) is 1.85. The number of aliphatic carboxylic acids is 1. The molecule has 0 heterocycles. The van der Waals surface area contributed by atoms with Gasteiger partial charge in [-0.3, -0.25) is 4.79 Å². The van der Waals surface area contributed by atoms with Gasteiger partial charge in [-0.15, -0.1) is 0 Å². The molecule has 3 fully saturated rings. The first-order valence-electron chi connectivity index (χ1n) is 9.43. The van der Waals surface area contributed by atoms with Crippen LogP contribution in [-0.2, 0) is 9.53 Å². The fourth-order valence-electron chi connectivity index (χ4n) is 7.08. The molecule has 0 saturated heterocycles. The van der Waals surface area contributed by atoms with E-state index in [2.05, 4.69) is 19.6 Å². The zero-order valence-corrected chi connectivity index (χ0v) is 15.2. The van der Waals surface area contributed by atoms with Crippen molar-refractivity contribution in [2.45, 2.75) is 64.9 Å². The smallest absolute Gasteiger partial charge is 0.309 e. The lowest BCUT2D eigenvalue weighted by molar-refractivity contribution is -0.161. The first-order valence-corrected chi connectivity index (χ1v) is 9.43. The summed E-state index contributed by atoms with van der Waals surface area (Å²) in [6, 6.07) is 0. The Labute approximate surface area is 145 Å². The molecule has 24 heavy (non-hydrogen) atoms. The summed E-state index contributed by atoms with van der Waals surface area (Å²) in [6.45, 7) is 8.69. The molecule has 2 bridgehead atoms. The molecule has 0 unspecified atom stereocenters. The zero-order chi connectivity index (χ0) is 17.3. The quantitative estimate of drug-likeness (QED) is 0.754. The number of methoxy groups -OCH3 is 1. The number of allylic oxidation sites excluding steroid dienone is 1. The standard InChI is InChI=1S/C21H30O3/c1-13-11-21-9-6-16-19(2,7-5-8-20(16,3)18(22)23)17(21)10-15(24-4)14(13)12-21/h10,14-16H,1,5-9,11-12H2,2-4H3,(H,22,23)/t14-,15-,16-,19+,20+,21+/m0/s1. The molecule has 4 aliphatic rings. The van der Waals surface area contributed by atoms with E-state index in [4.69, 9.17) is 4.74 Å². The molecule has 4 aliphatic carbocycles. The van der Waals surface area contributed by atoms with Gasteiger partial charge in [0.05, 0.1) is 11.5 Å². The number of rotatable bonds is 2. The van der Waals surface area contributed by atoms with Crippen LogP contribution >= 0.6 is 0 Å². The maximum atomic E-state index is 12.1. The monoisotopic (exact) mass is 330 g/mol. The van der Waals surface area contributed by atoms with Gasteiger partial charge < -0.3 is 9.84 Å². The highest BCUT2D eigenvalue weighted by Gasteiger charge is 2.63. The van der Waals surface area contributed by atoms with Crippen LogP contribution in [0, 0.1) is 28.1 Å². The van der Waals surface area contributed by atoms with E-state index in [9.17, 15) is 9.90 Å². The molecule has 6 atom stereocenters. The van der Waals surface area contributed by atoms with Crippen LogP contribution in [0.4, 0.5) is 0 Å². The Hall–Kier alpha value is -1.09. The van der Waals surface area contributed by atoms with Gasteiger partial charge in [0.2, 0.25) is 0 Å². The third-order valence-electron chi connectivity index (χ3n) is 8.22. The van der Waals surface area contributed by atoms with E-state index in [1.54, 1.807) is 7.11 Å². The van der Waals surface area contributed by atoms with Crippen molar-refractivity contribution in [1.82, 2.24) is 0 Å². The highest BCUT2D eigenvalue weighted by Crippen LogP contribution is 2.70. The Morgan fingerprint density at radius 3 is 2.75 bits per heavy atom. The summed E-state index contributed by atoms with van der Waals surface area (Å²) >= 11 is 0. The Morgan fingerprint density at radius 2 is 2.08 bits per heavy atom. The molecule has 0 aromatic carbocycles. The van der Waals surface area contributed by atoms with Crippen molar-refractivity contribution < 1.29 is 14.6 Å². The molecule has 3 nitrogen and oxygen atoms in total. The number of carbonyl (C=O) groups is 1. The maximum absolute atomic E-state index is 12.1. The minimum absolute atomic E-state index is 0.00396. The fourth-order valence-corrected chi connectivity index (χ4v) is 7.08. The number of ether oxygens (including phenoxy) is 1. The summed E-state index contributed by atoms with van der Waals surface area (Å²) in [4.78, 5) is 12.1. The molecular formula is C21H30O3. The van der Waals surface area contributed by atoms with Crippen LogP contribution in [0.3, 0.4) is 0 Å². The summed E-state index contributed by atoms with van der Waals surface area (Å²) in [7, 11) is 1.80. The minimum Gasteiger partial charge on any atom is -0.481 e. The van der Waals surface area contributed by atoms with E-state index in [0.717, 1.165) is 44.9 Å². The predicted octanol–water partition coefficient (Wildman–Crippen LogP) is 4.59. The van der Waals surface area contributed by atoms with Crippen LogP contribution < -0.4 is 0 Å². The average Bonchev–Trinajstić information content (AvgIpc) is 2.78. The Kier molecular flexibility index (Phi) is 3.39. The number of hydrogen-bond donors (Lipinski definition) is 1. The van der Waals surface area contributed by atoms with Gasteiger partial charge in [0.25, 0.3) is 0 Å². The lowest BCUT2D eigenvalue weighted by Crippen LogP contribution is -2.55. The summed E-state index contributed by atoms with van der Waals surface area (Å²) < 4.78 is 5.81. The number of carboxylic acid groups (broad SMARTS) is 1. The molecule has 0 aliphatic heterocycles. The van der Waals surface area contributed by atoms with E-state index < -0.39 is 11.4 Å². The van der Waals surface area contributed by atoms with Crippen molar-refractivity contribution in [3.05, 3.63) is 23.8 Å². The molecule has 0 aromatic heterocycles. The first-order chi connectivity index (χ1) is 11.3. The van der Waals surface area contributed by atoms with Crippen LogP contribution in [-0.4, -0.2) is 24.3 Å². The van der Waals surface area contributed by atoms with Crippen molar-refractivity contribution in [2.24, 2.45) is 28.1 Å². The second-order valence-electron chi connectivity index (χ2n) is 9.29. The Bertz CT molecular complexity index is 635. The number of hydrogen-bond acceptors (Lipinski definition) is 2. The molecule has 0 aromatic rings. The number of carboxylic acids is 1. The summed E-state index contributed by atoms with van der Waals surface area (Å²) in [6.07, 6.45) is 9.82. The molecule has 3 heteroatoms. The average molecular weight is 330 g/mol. The topological polar surface area (TPSA) is 46.5 Å². The van der Waals surface area contributed by atoms with Crippen LogP contribution in [0.5, 0.6) is 0 Å². The molecule has 132 valence electrons. The van der Waals surface area contributed by atoms with E-state index in [1.807, 2.05) is 6.92 Å². The van der Waals surface area contributed by atoms with E-state index in [-0.39, 0.29) is 22.9 Å². The summed E-state index contributed by atoms with van der Waals surface area (Å²) in [5.74, 6) is 0.0761. The number of fused-ring (bicyclic) bond motifs is 3. The van der Waals surface area contributed by atoms with Gasteiger partial charge in [0.15, 0.2) is 0 Å². The molecule has 0 amide bonds. The normalized spacial score (nSPS) is 50.0. The van der Waals surface area contributed by atoms with Crippen molar-refractivity contribution in [2.75, 3.05) is 7.11 Å². The Morgan fingerprint density at radius 1 is 1.33 bits per heavy atom. The van der Waals surface area contributed by atoms with Crippen LogP contribution in [0.2, 0.25) is 0 Å². The summed E-state index contributed by atoms with van der Waals surface area (Å²) in [5.41, 5.74) is 2.49. The second kappa shape index (κ2) is 4.97. The van der Waals surface area contributed by atoms with Crippen molar-refractivity contribution in [3.63, 3.8) is 0 Å². The molecule has 1 spiro atoms. The minimum atomic E-state index is -0.609. The lowest BCUT2D eigenvalue weighted by Gasteiger charge is -2.60. The van der Waals surface area contributed by atoms with E-state index in [0.29, 0.717) is 5.92 Å². The van der Waals surface area contributed by atoms with Gasteiger partial charge in [-0.05, 0) is 62.2 Å². The molecule has 3 saturated carbocycles. The largest absolute Gasteiger partial charge is 0.481 e. The fraction of sp³-hybridized carbons (Fsp3) is 0.762. The molecule has 1 N–H and O–H groups in total. The SMILES string of the molecule is C=C1C[C@@]23CC[C@@H]4[C@](C)(C(=O)O)CCC[C@@]4(C)C2=C[C@H](OC)[C@H]1C3.